The van der Waals surface area contributed by atoms with Crippen LogP contribution in [0.5, 0.6) is 5.75 Å². The van der Waals surface area contributed by atoms with Crippen LogP contribution in [0.1, 0.15) is 18.4 Å². The molecule has 3 aromatic carbocycles. The molecule has 9 nitrogen and oxygen atoms in total. The summed E-state index contributed by atoms with van der Waals surface area (Å²) in [5, 5.41) is 14.7. The zero-order valence-corrected chi connectivity index (χ0v) is 22.1. The Bertz CT molecular complexity index is 1470. The molecular weight excluding hydrogens is 507 g/mol. The van der Waals surface area contributed by atoms with E-state index in [-0.39, 0.29) is 4.90 Å². The minimum absolute atomic E-state index is 0.203. The van der Waals surface area contributed by atoms with Gasteiger partial charge in [-0.1, -0.05) is 12.1 Å². The summed E-state index contributed by atoms with van der Waals surface area (Å²) < 4.78 is 42.5. The Morgan fingerprint density at radius 3 is 2.58 bits per heavy atom. The molecular formula is C27H31FN6O3S. The lowest BCUT2D eigenvalue weighted by Gasteiger charge is -2.30. The van der Waals surface area contributed by atoms with Crippen molar-refractivity contribution in [2.45, 2.75) is 24.7 Å². The molecule has 0 saturated carbocycles. The molecule has 0 atom stereocenters. The van der Waals surface area contributed by atoms with E-state index < -0.39 is 21.6 Å². The van der Waals surface area contributed by atoms with Crippen LogP contribution in [0.25, 0.3) is 11.1 Å². The largest absolute Gasteiger partial charge is 0.505 e. The molecule has 0 bridgehead atoms. The van der Waals surface area contributed by atoms with E-state index in [0.29, 0.717) is 47.2 Å². The first-order valence-corrected chi connectivity index (χ1v) is 14.0. The highest BCUT2D eigenvalue weighted by Crippen LogP contribution is 2.38. The lowest BCUT2D eigenvalue weighted by Crippen LogP contribution is -2.39. The van der Waals surface area contributed by atoms with E-state index in [1.165, 1.54) is 18.9 Å². The summed E-state index contributed by atoms with van der Waals surface area (Å²) in [6.45, 7) is 5.03. The topological polar surface area (TPSA) is 109 Å². The number of likely N-dealkylation sites (tertiary alicyclic amines) is 1. The van der Waals surface area contributed by atoms with Crippen LogP contribution in [0.15, 0.2) is 64.5 Å². The van der Waals surface area contributed by atoms with Gasteiger partial charge in [-0.15, -0.1) is 0 Å². The summed E-state index contributed by atoms with van der Waals surface area (Å²) in [6.07, 6.45) is 2.34. The van der Waals surface area contributed by atoms with Crippen molar-refractivity contribution in [3.8, 4) is 16.9 Å². The number of rotatable bonds is 7. The van der Waals surface area contributed by atoms with Gasteiger partial charge >= 0.3 is 0 Å². The summed E-state index contributed by atoms with van der Waals surface area (Å²) in [5.74, 6) is -0.561. The van der Waals surface area contributed by atoms with Gasteiger partial charge in [0.2, 0.25) is 16.0 Å². The maximum atomic E-state index is 14.5. The van der Waals surface area contributed by atoms with Crippen LogP contribution in [0.3, 0.4) is 0 Å². The van der Waals surface area contributed by atoms with Crippen molar-refractivity contribution in [3.05, 3.63) is 66.0 Å². The number of aromatic hydroxyl groups is 1. The lowest BCUT2D eigenvalue weighted by molar-refractivity contribution is 0.344. The summed E-state index contributed by atoms with van der Waals surface area (Å²) in [4.78, 5) is 7.20. The Morgan fingerprint density at radius 2 is 1.84 bits per heavy atom. The van der Waals surface area contributed by atoms with Gasteiger partial charge in [0.1, 0.15) is 0 Å². The average molecular weight is 539 g/mol. The summed E-state index contributed by atoms with van der Waals surface area (Å²) >= 11 is 0. The molecule has 3 aromatic rings. The van der Waals surface area contributed by atoms with Crippen LogP contribution in [-0.2, 0) is 10.0 Å². The fraction of sp³-hybridized carbons (Fsp3) is 0.296. The first-order valence-electron chi connectivity index (χ1n) is 12.5. The van der Waals surface area contributed by atoms with Crippen LogP contribution in [0.4, 0.5) is 21.5 Å². The van der Waals surface area contributed by atoms with Crippen molar-refractivity contribution in [2.75, 3.05) is 44.0 Å². The van der Waals surface area contributed by atoms with Crippen LogP contribution in [-0.4, -0.2) is 62.6 Å². The smallest absolute Gasteiger partial charge is 0.240 e. The Labute approximate surface area is 222 Å². The average Bonchev–Trinajstić information content (AvgIpc) is 3.40. The van der Waals surface area contributed by atoms with Crippen LogP contribution in [0.2, 0.25) is 0 Å². The van der Waals surface area contributed by atoms with Gasteiger partial charge in [0.05, 0.1) is 16.3 Å². The minimum Gasteiger partial charge on any atom is -0.505 e. The number of anilines is 2. The molecule has 0 spiro atoms. The van der Waals surface area contributed by atoms with E-state index in [9.17, 15) is 17.9 Å². The fourth-order valence-corrected chi connectivity index (χ4v) is 5.73. The molecule has 0 radical (unpaired) electrons. The Kier molecular flexibility index (Phi) is 7.24. The minimum atomic E-state index is -3.59. The van der Waals surface area contributed by atoms with Crippen LogP contribution < -0.4 is 15.5 Å². The second-order valence-electron chi connectivity index (χ2n) is 9.53. The number of hydrazine groups is 1. The molecule has 200 valence electrons. The zero-order chi connectivity index (χ0) is 26.9. The van der Waals surface area contributed by atoms with E-state index in [1.807, 2.05) is 13.0 Å². The summed E-state index contributed by atoms with van der Waals surface area (Å²) in [6, 6.07) is 14.7. The highest BCUT2D eigenvalue weighted by Gasteiger charge is 2.21. The molecule has 2 aliphatic rings. The molecule has 2 heterocycles. The Morgan fingerprint density at radius 1 is 1.11 bits per heavy atom. The van der Waals surface area contributed by atoms with Gasteiger partial charge in [0.25, 0.3) is 0 Å². The van der Waals surface area contributed by atoms with Crippen LogP contribution in [0, 0.1) is 12.7 Å². The van der Waals surface area contributed by atoms with Gasteiger partial charge in [-0.25, -0.2) is 22.5 Å². The normalized spacial score (nSPS) is 15.7. The number of phenols is 1. The highest BCUT2D eigenvalue weighted by atomic mass is 32.2. The zero-order valence-electron chi connectivity index (χ0n) is 21.3. The molecule has 2 aliphatic heterocycles. The van der Waals surface area contributed by atoms with E-state index >= 15 is 0 Å². The van der Waals surface area contributed by atoms with Gasteiger partial charge in [-0.05, 0) is 86.4 Å². The summed E-state index contributed by atoms with van der Waals surface area (Å²) in [7, 11) is -1.80. The first kappa shape index (κ1) is 26.0. The van der Waals surface area contributed by atoms with Crippen molar-refractivity contribution in [3.63, 3.8) is 0 Å². The highest BCUT2D eigenvalue weighted by molar-refractivity contribution is 7.89. The monoisotopic (exact) mass is 538 g/mol. The number of phenolic OH excluding ortho intramolecular Hbond substituents is 1. The van der Waals surface area contributed by atoms with Crippen molar-refractivity contribution in [2.24, 2.45) is 4.99 Å². The Balaban J connectivity index is 1.30. The molecule has 0 aliphatic carbocycles. The number of halogens is 1. The second-order valence-corrected chi connectivity index (χ2v) is 11.3. The predicted molar refractivity (Wildman–Crippen MR) is 148 cm³/mol. The third kappa shape index (κ3) is 5.45. The van der Waals surface area contributed by atoms with Gasteiger partial charge in [0, 0.05) is 31.4 Å². The van der Waals surface area contributed by atoms with Crippen molar-refractivity contribution in [1.82, 2.24) is 14.6 Å². The molecule has 5 rings (SSSR count). The Hall–Kier alpha value is -3.67. The maximum absolute atomic E-state index is 14.5. The van der Waals surface area contributed by atoms with Crippen LogP contribution >= 0.6 is 0 Å². The number of nitrogens with one attached hydrogen (secondary N) is 3. The summed E-state index contributed by atoms with van der Waals surface area (Å²) in [5.41, 5.74) is 7.04. The first-order chi connectivity index (χ1) is 18.2. The van der Waals surface area contributed by atoms with E-state index in [1.54, 1.807) is 54.5 Å². The number of fused-ring (bicyclic) bond motifs is 1. The number of guanidine groups is 1. The van der Waals surface area contributed by atoms with Crippen molar-refractivity contribution < 1.29 is 17.9 Å². The molecule has 38 heavy (non-hydrogen) atoms. The van der Waals surface area contributed by atoms with Gasteiger partial charge in [-0.3, -0.25) is 10.4 Å². The van der Waals surface area contributed by atoms with E-state index in [2.05, 4.69) is 20.4 Å². The molecule has 4 N–H and O–H groups in total. The quantitative estimate of drug-likeness (QED) is 0.356. The second kappa shape index (κ2) is 10.6. The molecule has 1 fully saturated rings. The molecule has 1 saturated heterocycles. The molecule has 0 unspecified atom stereocenters. The maximum Gasteiger partial charge on any atom is 0.240 e. The van der Waals surface area contributed by atoms with Gasteiger partial charge < -0.3 is 15.3 Å². The number of nitrogens with zero attached hydrogens (tertiary/aromatic N) is 3. The SMILES string of the molecule is Cc1cc(-c2cccc(O)c2F)cc2c1N=C(Nc1ccc(S(=O)(=O)NCCN3CCCC3)cc1)N(C)N2. The lowest BCUT2D eigenvalue weighted by atomic mass is 10.00. The number of sulfonamides is 1. The number of hydrogen-bond donors (Lipinski definition) is 4. The third-order valence-electron chi connectivity index (χ3n) is 6.75. The molecule has 11 heteroatoms. The fourth-order valence-electron chi connectivity index (χ4n) is 4.71. The van der Waals surface area contributed by atoms with Gasteiger partial charge in [0.15, 0.2) is 11.6 Å². The van der Waals surface area contributed by atoms with Gasteiger partial charge in [-0.2, -0.15) is 0 Å². The molecule has 0 amide bonds. The predicted octanol–water partition coefficient (Wildman–Crippen LogP) is 4.25. The van der Waals surface area contributed by atoms with Crippen molar-refractivity contribution in [1.29, 1.82) is 0 Å². The van der Waals surface area contributed by atoms with E-state index in [0.717, 1.165) is 18.7 Å². The third-order valence-corrected chi connectivity index (χ3v) is 8.23. The number of benzene rings is 3. The number of hydrogen-bond acceptors (Lipinski definition) is 8. The van der Waals surface area contributed by atoms with E-state index in [4.69, 9.17) is 4.99 Å². The number of aliphatic imine (C=N–C) groups is 1. The number of aryl methyl sites for hydroxylation is 1. The standard InChI is InChI=1S/C27H31FN6O3S/c1-18-16-19(22-6-5-7-24(35)25(22)28)17-23-26(18)31-27(33(2)32-23)30-20-8-10-21(11-9-20)38(36,37)29-12-15-34-13-3-4-14-34/h5-11,16-17,29,32,35H,3-4,12-15H2,1-2H3,(H,30,31). The molecule has 0 aromatic heterocycles. The van der Waals surface area contributed by atoms with Crippen molar-refractivity contribution >= 4 is 33.0 Å².